The van der Waals surface area contributed by atoms with Crippen molar-refractivity contribution in [3.8, 4) is 0 Å². The second-order valence-corrected chi connectivity index (χ2v) is 7.69. The first-order valence-electron chi connectivity index (χ1n) is 7.90. The van der Waals surface area contributed by atoms with Crippen molar-refractivity contribution in [1.29, 1.82) is 0 Å². The summed E-state index contributed by atoms with van der Waals surface area (Å²) in [6, 6.07) is 6.67. The number of halogens is 2. The minimum absolute atomic E-state index is 0.164. The standard InChI is InChI=1S/C17H23BrClNO/c1-20-16(12-4-5-14(18)15(19)10-12)13-6-9-21-17(11-13)7-2-3-8-17/h4-5,10,13,16,20H,2-3,6-9,11H2,1H3. The second kappa shape index (κ2) is 6.57. The highest BCUT2D eigenvalue weighted by molar-refractivity contribution is 9.10. The lowest BCUT2D eigenvalue weighted by atomic mass is 9.78. The average molecular weight is 373 g/mol. The summed E-state index contributed by atoms with van der Waals surface area (Å²) in [6.45, 7) is 0.896. The molecule has 1 aromatic carbocycles. The van der Waals surface area contributed by atoms with E-state index in [9.17, 15) is 0 Å². The average Bonchev–Trinajstić information content (AvgIpc) is 2.91. The molecule has 1 spiro atoms. The van der Waals surface area contributed by atoms with Crippen LogP contribution in [0.25, 0.3) is 0 Å². The third kappa shape index (κ3) is 3.31. The SMILES string of the molecule is CNC(c1ccc(Br)c(Cl)c1)C1CCOC2(CCCC2)C1. The molecule has 4 heteroatoms. The first kappa shape index (κ1) is 15.8. The van der Waals surface area contributed by atoms with Crippen LogP contribution in [-0.4, -0.2) is 19.3 Å². The van der Waals surface area contributed by atoms with E-state index in [1.165, 1.54) is 37.7 Å². The van der Waals surface area contributed by atoms with Gasteiger partial charge in [-0.05, 0) is 72.3 Å². The van der Waals surface area contributed by atoms with Crippen LogP contribution in [0.3, 0.4) is 0 Å². The first-order chi connectivity index (χ1) is 10.1. The summed E-state index contributed by atoms with van der Waals surface area (Å²) in [5, 5.41) is 4.30. The van der Waals surface area contributed by atoms with Crippen molar-refractivity contribution >= 4 is 27.5 Å². The Labute approximate surface area is 140 Å². The van der Waals surface area contributed by atoms with Gasteiger partial charge in [0.2, 0.25) is 0 Å². The van der Waals surface area contributed by atoms with E-state index in [1.54, 1.807) is 0 Å². The molecule has 1 heterocycles. The van der Waals surface area contributed by atoms with E-state index >= 15 is 0 Å². The van der Waals surface area contributed by atoms with Gasteiger partial charge in [-0.2, -0.15) is 0 Å². The minimum Gasteiger partial charge on any atom is -0.375 e. The zero-order chi connectivity index (χ0) is 14.9. The maximum atomic E-state index is 6.28. The molecule has 3 rings (SSSR count). The summed E-state index contributed by atoms with van der Waals surface area (Å²) in [4.78, 5) is 0. The first-order valence-corrected chi connectivity index (χ1v) is 9.07. The van der Waals surface area contributed by atoms with Gasteiger partial charge in [0.1, 0.15) is 0 Å². The lowest BCUT2D eigenvalue weighted by Gasteiger charge is -2.41. The van der Waals surface area contributed by atoms with Crippen LogP contribution in [0.1, 0.15) is 50.1 Å². The van der Waals surface area contributed by atoms with Gasteiger partial charge in [0.25, 0.3) is 0 Å². The molecule has 0 amide bonds. The molecule has 1 saturated carbocycles. The van der Waals surface area contributed by atoms with Crippen molar-refractivity contribution in [1.82, 2.24) is 5.32 Å². The van der Waals surface area contributed by atoms with Crippen LogP contribution >= 0.6 is 27.5 Å². The summed E-state index contributed by atoms with van der Waals surface area (Å²) in [5.41, 5.74) is 1.45. The Hall–Kier alpha value is -0.0900. The van der Waals surface area contributed by atoms with Crippen molar-refractivity contribution in [3.63, 3.8) is 0 Å². The Bertz CT molecular complexity index is 502. The van der Waals surface area contributed by atoms with Crippen molar-refractivity contribution in [2.75, 3.05) is 13.7 Å². The molecule has 0 aromatic heterocycles. The molecule has 2 nitrogen and oxygen atoms in total. The fourth-order valence-electron chi connectivity index (χ4n) is 4.10. The molecule has 0 radical (unpaired) electrons. The number of hydrogen-bond acceptors (Lipinski definition) is 2. The number of rotatable bonds is 3. The highest BCUT2D eigenvalue weighted by Gasteiger charge is 2.42. The molecule has 1 N–H and O–H groups in total. The molecule has 1 aliphatic heterocycles. The lowest BCUT2D eigenvalue weighted by molar-refractivity contribution is -0.0978. The zero-order valence-corrected chi connectivity index (χ0v) is 14.8. The van der Waals surface area contributed by atoms with Gasteiger partial charge in [0.15, 0.2) is 0 Å². The van der Waals surface area contributed by atoms with Crippen LogP contribution in [-0.2, 0) is 4.74 Å². The maximum absolute atomic E-state index is 6.28. The van der Waals surface area contributed by atoms with Gasteiger partial charge in [0, 0.05) is 17.1 Å². The Morgan fingerprint density at radius 3 is 2.81 bits per heavy atom. The van der Waals surface area contributed by atoms with E-state index in [0.717, 1.165) is 22.5 Å². The van der Waals surface area contributed by atoms with Crippen LogP contribution in [0.4, 0.5) is 0 Å². The predicted molar refractivity (Wildman–Crippen MR) is 90.8 cm³/mol. The molecule has 21 heavy (non-hydrogen) atoms. The molecular formula is C17H23BrClNO. The second-order valence-electron chi connectivity index (χ2n) is 6.43. The molecule has 2 aliphatic rings. The molecule has 0 bridgehead atoms. The highest BCUT2D eigenvalue weighted by atomic mass is 79.9. The summed E-state index contributed by atoms with van der Waals surface area (Å²) in [5.74, 6) is 0.624. The monoisotopic (exact) mass is 371 g/mol. The third-order valence-electron chi connectivity index (χ3n) is 5.13. The molecule has 2 fully saturated rings. The van der Waals surface area contributed by atoms with Gasteiger partial charge in [-0.25, -0.2) is 0 Å². The zero-order valence-electron chi connectivity index (χ0n) is 12.5. The number of ether oxygens (including phenoxy) is 1. The van der Waals surface area contributed by atoms with Gasteiger partial charge in [-0.3, -0.25) is 0 Å². The Balaban J connectivity index is 1.80. The quantitative estimate of drug-likeness (QED) is 0.796. The number of nitrogens with one attached hydrogen (secondary N) is 1. The van der Waals surface area contributed by atoms with Crippen molar-refractivity contribution in [2.24, 2.45) is 5.92 Å². The molecule has 2 atom stereocenters. The fraction of sp³-hybridized carbons (Fsp3) is 0.647. The van der Waals surface area contributed by atoms with Crippen LogP contribution in [0.15, 0.2) is 22.7 Å². The fourth-order valence-corrected chi connectivity index (χ4v) is 4.53. The van der Waals surface area contributed by atoms with Gasteiger partial charge < -0.3 is 10.1 Å². The van der Waals surface area contributed by atoms with E-state index in [2.05, 4.69) is 40.4 Å². The normalized spacial score (nSPS) is 26.1. The summed E-state index contributed by atoms with van der Waals surface area (Å²) in [7, 11) is 2.05. The van der Waals surface area contributed by atoms with Crippen molar-refractivity contribution < 1.29 is 4.74 Å². The summed E-state index contributed by atoms with van der Waals surface area (Å²) < 4.78 is 7.13. The summed E-state index contributed by atoms with van der Waals surface area (Å²) >= 11 is 9.75. The number of hydrogen-bond donors (Lipinski definition) is 1. The van der Waals surface area contributed by atoms with Gasteiger partial charge in [-0.15, -0.1) is 0 Å². The molecular weight excluding hydrogens is 350 g/mol. The van der Waals surface area contributed by atoms with Gasteiger partial charge >= 0.3 is 0 Å². The van der Waals surface area contributed by atoms with Crippen LogP contribution in [0, 0.1) is 5.92 Å². The van der Waals surface area contributed by atoms with Gasteiger partial charge in [0.05, 0.1) is 10.6 Å². The molecule has 2 unspecified atom stereocenters. The van der Waals surface area contributed by atoms with Crippen LogP contribution in [0.5, 0.6) is 0 Å². The van der Waals surface area contributed by atoms with E-state index in [0.29, 0.717) is 12.0 Å². The van der Waals surface area contributed by atoms with Crippen molar-refractivity contribution in [3.05, 3.63) is 33.3 Å². The van der Waals surface area contributed by atoms with Crippen LogP contribution < -0.4 is 5.32 Å². The van der Waals surface area contributed by atoms with Gasteiger partial charge in [-0.1, -0.05) is 30.5 Å². The van der Waals surface area contributed by atoms with E-state index < -0.39 is 0 Å². The predicted octanol–water partition coefficient (Wildman–Crippen LogP) is 5.10. The number of benzene rings is 1. The highest BCUT2D eigenvalue weighted by Crippen LogP contribution is 2.45. The van der Waals surface area contributed by atoms with Crippen LogP contribution in [0.2, 0.25) is 5.02 Å². The largest absolute Gasteiger partial charge is 0.375 e. The minimum atomic E-state index is 0.164. The summed E-state index contributed by atoms with van der Waals surface area (Å²) in [6.07, 6.45) is 7.41. The topological polar surface area (TPSA) is 21.3 Å². The molecule has 1 aromatic rings. The molecule has 116 valence electrons. The maximum Gasteiger partial charge on any atom is 0.0686 e. The lowest BCUT2D eigenvalue weighted by Crippen LogP contribution is -2.41. The molecule has 1 aliphatic carbocycles. The van der Waals surface area contributed by atoms with Crippen molar-refractivity contribution in [2.45, 2.75) is 50.2 Å². The molecule has 1 saturated heterocycles. The van der Waals surface area contributed by atoms with E-state index in [-0.39, 0.29) is 5.60 Å². The Kier molecular flexibility index (Phi) is 4.94. The Morgan fingerprint density at radius 2 is 2.14 bits per heavy atom. The smallest absolute Gasteiger partial charge is 0.0686 e. The third-order valence-corrected chi connectivity index (χ3v) is 6.36. The van der Waals surface area contributed by atoms with E-state index in [1.807, 2.05) is 6.07 Å². The van der Waals surface area contributed by atoms with E-state index in [4.69, 9.17) is 16.3 Å². The Morgan fingerprint density at radius 1 is 1.38 bits per heavy atom.